The highest BCUT2D eigenvalue weighted by atomic mass is 16.5. The van der Waals surface area contributed by atoms with E-state index in [1.807, 2.05) is 0 Å². The van der Waals surface area contributed by atoms with Gasteiger partial charge in [-0.15, -0.1) is 0 Å². The number of aliphatic hydroxyl groups excluding tert-OH is 1. The van der Waals surface area contributed by atoms with Gasteiger partial charge in [-0.1, -0.05) is 32.3 Å². The first kappa shape index (κ1) is 15.5. The quantitative estimate of drug-likeness (QED) is 0.863. The molecule has 1 N–H and O–H groups in total. The Bertz CT molecular complexity index is 395. The Balaban J connectivity index is 1.86. The summed E-state index contributed by atoms with van der Waals surface area (Å²) >= 11 is 0. The zero-order valence-electron chi connectivity index (χ0n) is 13.0. The Hall–Kier alpha value is -0.900. The van der Waals surface area contributed by atoms with Crippen LogP contribution in [0.2, 0.25) is 0 Å². The number of hydrogen-bond donors (Lipinski definition) is 1. The van der Waals surface area contributed by atoms with Crippen LogP contribution in [0.15, 0.2) is 4.52 Å². The van der Waals surface area contributed by atoms with Crippen LogP contribution in [0.25, 0.3) is 0 Å². The maximum absolute atomic E-state index is 9.93. The van der Waals surface area contributed by atoms with Gasteiger partial charge in [0, 0.05) is 5.92 Å². The van der Waals surface area contributed by atoms with Crippen molar-refractivity contribution in [2.45, 2.75) is 77.7 Å². The van der Waals surface area contributed by atoms with E-state index >= 15 is 0 Å². The van der Waals surface area contributed by atoms with E-state index < -0.39 is 0 Å². The highest BCUT2D eigenvalue weighted by Gasteiger charge is 2.25. The second-order valence-electron chi connectivity index (χ2n) is 6.66. The Morgan fingerprint density at radius 3 is 2.55 bits per heavy atom. The number of aliphatic hydroxyl groups is 1. The van der Waals surface area contributed by atoms with Gasteiger partial charge in [-0.2, -0.15) is 4.98 Å². The summed E-state index contributed by atoms with van der Waals surface area (Å²) in [5, 5.41) is 14.1. The van der Waals surface area contributed by atoms with E-state index in [-0.39, 0.29) is 6.10 Å². The first-order valence-corrected chi connectivity index (χ1v) is 8.09. The summed E-state index contributed by atoms with van der Waals surface area (Å²) in [6, 6.07) is 0. The van der Waals surface area contributed by atoms with E-state index in [0.29, 0.717) is 24.1 Å². The summed E-state index contributed by atoms with van der Waals surface area (Å²) in [5.41, 5.74) is 0. The van der Waals surface area contributed by atoms with Crippen molar-refractivity contribution in [1.29, 1.82) is 0 Å². The summed E-state index contributed by atoms with van der Waals surface area (Å²) in [6.07, 6.45) is 7.07. The Kier molecular flexibility index (Phi) is 5.58. The summed E-state index contributed by atoms with van der Waals surface area (Å²) in [6.45, 7) is 6.48. The van der Waals surface area contributed by atoms with E-state index in [9.17, 15) is 5.11 Å². The van der Waals surface area contributed by atoms with Crippen LogP contribution in [0.3, 0.4) is 0 Å². The average Bonchev–Trinajstić information content (AvgIpc) is 2.86. The second-order valence-corrected chi connectivity index (χ2v) is 6.66. The van der Waals surface area contributed by atoms with Crippen LogP contribution < -0.4 is 0 Å². The fourth-order valence-electron chi connectivity index (χ4n) is 3.17. The van der Waals surface area contributed by atoms with Gasteiger partial charge in [0.05, 0.1) is 12.5 Å². The molecule has 1 aromatic heterocycles. The monoisotopic (exact) mass is 280 g/mol. The van der Waals surface area contributed by atoms with Crippen molar-refractivity contribution in [1.82, 2.24) is 10.1 Å². The highest BCUT2D eigenvalue weighted by molar-refractivity contribution is 4.98. The fraction of sp³-hybridized carbons (Fsp3) is 0.875. The molecule has 4 nitrogen and oxygen atoms in total. The van der Waals surface area contributed by atoms with Crippen LogP contribution >= 0.6 is 0 Å². The minimum atomic E-state index is -0.376. The second kappa shape index (κ2) is 7.21. The molecule has 0 radical (unpaired) electrons. The van der Waals surface area contributed by atoms with Crippen LogP contribution in [0.5, 0.6) is 0 Å². The molecular weight excluding hydrogens is 252 g/mol. The van der Waals surface area contributed by atoms with Gasteiger partial charge in [-0.3, -0.25) is 0 Å². The maximum Gasteiger partial charge on any atom is 0.229 e. The van der Waals surface area contributed by atoms with E-state index in [2.05, 4.69) is 30.9 Å². The zero-order chi connectivity index (χ0) is 14.5. The third kappa shape index (κ3) is 4.30. The molecule has 1 saturated carbocycles. The number of aromatic nitrogens is 2. The van der Waals surface area contributed by atoms with Gasteiger partial charge in [-0.25, -0.2) is 0 Å². The molecule has 0 aromatic carbocycles. The van der Waals surface area contributed by atoms with Gasteiger partial charge in [0.15, 0.2) is 5.82 Å². The zero-order valence-corrected chi connectivity index (χ0v) is 13.0. The molecule has 1 heterocycles. The lowest BCUT2D eigenvalue weighted by atomic mass is 9.80. The van der Waals surface area contributed by atoms with Gasteiger partial charge >= 0.3 is 0 Å². The molecule has 1 aromatic rings. The van der Waals surface area contributed by atoms with Crippen molar-refractivity contribution in [2.75, 3.05) is 0 Å². The maximum atomic E-state index is 9.93. The van der Waals surface area contributed by atoms with E-state index in [0.717, 1.165) is 18.2 Å². The van der Waals surface area contributed by atoms with Gasteiger partial charge in [0.2, 0.25) is 5.89 Å². The molecular formula is C16H28N2O2. The normalized spacial score (nSPS) is 25.1. The Labute approximate surface area is 122 Å². The highest BCUT2D eigenvalue weighted by Crippen LogP contribution is 2.35. The molecule has 1 aliphatic rings. The minimum Gasteiger partial charge on any atom is -0.393 e. The van der Waals surface area contributed by atoms with Crippen LogP contribution in [0, 0.1) is 11.8 Å². The van der Waals surface area contributed by atoms with Gasteiger partial charge < -0.3 is 9.63 Å². The fourth-order valence-corrected chi connectivity index (χ4v) is 3.17. The Morgan fingerprint density at radius 1 is 1.25 bits per heavy atom. The van der Waals surface area contributed by atoms with Crippen molar-refractivity contribution < 1.29 is 9.63 Å². The molecule has 0 spiro atoms. The lowest BCUT2D eigenvalue weighted by molar-refractivity contribution is 0.138. The summed E-state index contributed by atoms with van der Waals surface area (Å²) < 4.78 is 5.30. The molecule has 20 heavy (non-hydrogen) atoms. The third-order valence-electron chi connectivity index (χ3n) is 4.43. The molecule has 0 aliphatic heterocycles. The van der Waals surface area contributed by atoms with E-state index in [1.54, 1.807) is 0 Å². The third-order valence-corrected chi connectivity index (χ3v) is 4.43. The van der Waals surface area contributed by atoms with Crippen molar-refractivity contribution >= 4 is 0 Å². The first-order chi connectivity index (χ1) is 9.58. The largest absolute Gasteiger partial charge is 0.393 e. The number of nitrogens with zero attached hydrogens (tertiary/aromatic N) is 2. The van der Waals surface area contributed by atoms with Gasteiger partial charge in [-0.05, 0) is 43.9 Å². The standard InChI is InChI=1S/C16H28N2O2/c1-4-12-5-7-13(8-6-12)16-17-15(20-18-16)10-14(19)9-11(2)3/h11-14,19H,4-10H2,1-3H3. The van der Waals surface area contributed by atoms with Crippen LogP contribution in [0.4, 0.5) is 0 Å². The SMILES string of the molecule is CCC1CCC(c2noc(CC(O)CC(C)C)n2)CC1. The van der Waals surface area contributed by atoms with Crippen molar-refractivity contribution in [2.24, 2.45) is 11.8 Å². The summed E-state index contributed by atoms with van der Waals surface area (Å²) in [5.74, 6) is 3.26. The average molecular weight is 280 g/mol. The molecule has 114 valence electrons. The van der Waals surface area contributed by atoms with Gasteiger partial charge in [0.1, 0.15) is 0 Å². The topological polar surface area (TPSA) is 59.2 Å². The molecule has 1 aliphatic carbocycles. The molecule has 1 atom stereocenters. The number of hydrogen-bond acceptors (Lipinski definition) is 4. The van der Waals surface area contributed by atoms with Crippen LogP contribution in [-0.2, 0) is 6.42 Å². The number of rotatable bonds is 6. The van der Waals surface area contributed by atoms with Crippen molar-refractivity contribution in [3.05, 3.63) is 11.7 Å². The smallest absolute Gasteiger partial charge is 0.229 e. The van der Waals surface area contributed by atoms with Crippen LogP contribution in [0.1, 0.15) is 76.9 Å². The van der Waals surface area contributed by atoms with Crippen molar-refractivity contribution in [3.63, 3.8) is 0 Å². The van der Waals surface area contributed by atoms with Crippen LogP contribution in [-0.4, -0.2) is 21.4 Å². The minimum absolute atomic E-state index is 0.376. The lowest BCUT2D eigenvalue weighted by Gasteiger charge is -2.25. The van der Waals surface area contributed by atoms with Crippen molar-refractivity contribution in [3.8, 4) is 0 Å². The molecule has 0 amide bonds. The first-order valence-electron chi connectivity index (χ1n) is 8.09. The molecule has 4 heteroatoms. The molecule has 0 bridgehead atoms. The van der Waals surface area contributed by atoms with E-state index in [4.69, 9.17) is 4.52 Å². The predicted molar refractivity (Wildman–Crippen MR) is 78.5 cm³/mol. The van der Waals surface area contributed by atoms with Gasteiger partial charge in [0.25, 0.3) is 0 Å². The molecule has 2 rings (SSSR count). The predicted octanol–water partition coefficient (Wildman–Crippen LogP) is 3.70. The Morgan fingerprint density at radius 2 is 1.95 bits per heavy atom. The molecule has 0 saturated heterocycles. The lowest BCUT2D eigenvalue weighted by Crippen LogP contribution is -2.15. The summed E-state index contributed by atoms with van der Waals surface area (Å²) in [4.78, 5) is 4.49. The molecule has 1 unspecified atom stereocenters. The molecule has 1 fully saturated rings. The summed E-state index contributed by atoms with van der Waals surface area (Å²) in [7, 11) is 0. The van der Waals surface area contributed by atoms with E-state index in [1.165, 1.54) is 32.1 Å².